The molecule has 0 saturated carbocycles. The third-order valence-corrected chi connectivity index (χ3v) is 6.20. The molecule has 1 amide bonds. The van der Waals surface area contributed by atoms with Crippen LogP contribution in [0.3, 0.4) is 0 Å². The highest BCUT2D eigenvalue weighted by Gasteiger charge is 2.41. The van der Waals surface area contributed by atoms with Gasteiger partial charge in [-0.1, -0.05) is 55.0 Å². The van der Waals surface area contributed by atoms with Crippen molar-refractivity contribution in [1.82, 2.24) is 5.32 Å². The molecule has 1 fully saturated rings. The van der Waals surface area contributed by atoms with Gasteiger partial charge in [-0.15, -0.1) is 0 Å². The van der Waals surface area contributed by atoms with Crippen molar-refractivity contribution in [3.63, 3.8) is 0 Å². The van der Waals surface area contributed by atoms with E-state index in [9.17, 15) is 9.90 Å². The van der Waals surface area contributed by atoms with Gasteiger partial charge in [-0.2, -0.15) is 0 Å². The van der Waals surface area contributed by atoms with Crippen LogP contribution in [0, 0.1) is 19.3 Å². The van der Waals surface area contributed by atoms with Crippen LogP contribution in [0.5, 0.6) is 0 Å². The first-order chi connectivity index (χ1) is 14.0. The highest BCUT2D eigenvalue weighted by molar-refractivity contribution is 5.84. The third kappa shape index (κ3) is 4.88. The molecule has 2 aromatic rings. The van der Waals surface area contributed by atoms with Crippen LogP contribution in [0.25, 0.3) is 11.1 Å². The van der Waals surface area contributed by atoms with E-state index in [0.717, 1.165) is 0 Å². The van der Waals surface area contributed by atoms with Gasteiger partial charge in [-0.3, -0.25) is 4.79 Å². The normalized spacial score (nSPS) is 17.0. The van der Waals surface area contributed by atoms with E-state index in [0.29, 0.717) is 38.9 Å². The van der Waals surface area contributed by atoms with E-state index in [4.69, 9.17) is 4.74 Å². The minimum Gasteiger partial charge on any atom is -0.394 e. The van der Waals surface area contributed by atoms with Gasteiger partial charge in [0, 0.05) is 13.2 Å². The maximum absolute atomic E-state index is 13.3. The molecule has 156 valence electrons. The highest BCUT2D eigenvalue weighted by Crippen LogP contribution is 2.38. The Morgan fingerprint density at radius 1 is 1.14 bits per heavy atom. The van der Waals surface area contributed by atoms with Crippen molar-refractivity contribution >= 4 is 5.91 Å². The zero-order chi connectivity index (χ0) is 20.9. The molecule has 1 heterocycles. The Hall–Kier alpha value is -2.17. The first-order valence-corrected chi connectivity index (χ1v) is 10.6. The Balaban J connectivity index is 1.96. The fourth-order valence-electron chi connectivity index (χ4n) is 4.28. The number of ether oxygens (including phenoxy) is 1. The van der Waals surface area contributed by atoms with Crippen molar-refractivity contribution in [3.05, 3.63) is 59.2 Å². The van der Waals surface area contributed by atoms with E-state index in [-0.39, 0.29) is 18.6 Å². The Morgan fingerprint density at radius 2 is 1.86 bits per heavy atom. The molecule has 4 nitrogen and oxygen atoms in total. The van der Waals surface area contributed by atoms with Gasteiger partial charge in [0.1, 0.15) is 0 Å². The summed E-state index contributed by atoms with van der Waals surface area (Å²) in [5.41, 5.74) is 5.59. The number of aryl methyl sites for hydroxylation is 2. The van der Waals surface area contributed by atoms with Crippen LogP contribution < -0.4 is 5.32 Å². The average molecular weight is 396 g/mol. The molecule has 4 heteroatoms. The molecule has 29 heavy (non-hydrogen) atoms. The lowest BCUT2D eigenvalue weighted by Crippen LogP contribution is -2.50. The minimum atomic E-state index is -0.504. The molecule has 1 aliphatic rings. The average Bonchev–Trinajstić information content (AvgIpc) is 2.73. The lowest BCUT2D eigenvalue weighted by atomic mass is 9.73. The first-order valence-electron chi connectivity index (χ1n) is 10.6. The summed E-state index contributed by atoms with van der Waals surface area (Å²) in [5.74, 6) is 0.0390. The molecule has 0 radical (unpaired) electrons. The number of hydrogen-bond acceptors (Lipinski definition) is 3. The number of carbonyl (C=O) groups is 1. The van der Waals surface area contributed by atoms with E-state index in [1.807, 2.05) is 6.92 Å². The summed E-state index contributed by atoms with van der Waals surface area (Å²) in [7, 11) is 0. The van der Waals surface area contributed by atoms with E-state index in [1.54, 1.807) is 0 Å². The van der Waals surface area contributed by atoms with E-state index < -0.39 is 5.41 Å². The molecule has 3 rings (SSSR count). The maximum atomic E-state index is 13.3. The van der Waals surface area contributed by atoms with Crippen molar-refractivity contribution in [2.45, 2.75) is 52.5 Å². The fourth-order valence-corrected chi connectivity index (χ4v) is 4.28. The lowest BCUT2D eigenvalue weighted by Gasteiger charge is -2.37. The van der Waals surface area contributed by atoms with Crippen molar-refractivity contribution in [2.24, 2.45) is 5.41 Å². The van der Waals surface area contributed by atoms with Crippen LogP contribution in [0.1, 0.15) is 42.9 Å². The number of nitrogens with one attached hydrogen (secondary N) is 1. The third-order valence-electron chi connectivity index (χ3n) is 6.20. The number of aliphatic hydroxyl groups excluding tert-OH is 1. The maximum Gasteiger partial charge on any atom is 0.227 e. The second kappa shape index (κ2) is 9.55. The van der Waals surface area contributed by atoms with Crippen LogP contribution in [0.2, 0.25) is 0 Å². The Morgan fingerprint density at radius 3 is 2.52 bits per heavy atom. The number of benzene rings is 2. The molecular weight excluding hydrogens is 362 g/mol. The fraction of sp³-hybridized carbons (Fsp3) is 0.480. The molecule has 0 aromatic heterocycles. The van der Waals surface area contributed by atoms with Gasteiger partial charge in [0.15, 0.2) is 0 Å². The summed E-state index contributed by atoms with van der Waals surface area (Å²) < 4.78 is 5.59. The summed E-state index contributed by atoms with van der Waals surface area (Å²) in [6.45, 7) is 7.38. The topological polar surface area (TPSA) is 58.6 Å². The molecule has 1 atom stereocenters. The van der Waals surface area contributed by atoms with Crippen molar-refractivity contribution in [3.8, 4) is 11.1 Å². The van der Waals surface area contributed by atoms with Crippen LogP contribution in [-0.2, 0) is 16.0 Å². The monoisotopic (exact) mass is 395 g/mol. The highest BCUT2D eigenvalue weighted by atomic mass is 16.5. The van der Waals surface area contributed by atoms with Crippen LogP contribution in [0.4, 0.5) is 0 Å². The van der Waals surface area contributed by atoms with Crippen molar-refractivity contribution in [1.29, 1.82) is 0 Å². The molecule has 1 saturated heterocycles. The largest absolute Gasteiger partial charge is 0.394 e. The molecule has 0 unspecified atom stereocenters. The first kappa shape index (κ1) is 21.5. The molecule has 2 aromatic carbocycles. The molecule has 0 bridgehead atoms. The summed E-state index contributed by atoms with van der Waals surface area (Å²) in [6.07, 6.45) is 2.78. The van der Waals surface area contributed by atoms with Gasteiger partial charge in [0.25, 0.3) is 0 Å². The summed E-state index contributed by atoms with van der Waals surface area (Å²) in [6, 6.07) is 14.7. The van der Waals surface area contributed by atoms with Gasteiger partial charge in [-0.25, -0.2) is 0 Å². The predicted molar refractivity (Wildman–Crippen MR) is 117 cm³/mol. The number of amides is 1. The van der Waals surface area contributed by atoms with Gasteiger partial charge < -0.3 is 15.2 Å². The summed E-state index contributed by atoms with van der Waals surface area (Å²) >= 11 is 0. The molecular formula is C25H33NO3. The van der Waals surface area contributed by atoms with E-state index >= 15 is 0 Å². The van der Waals surface area contributed by atoms with Gasteiger partial charge >= 0.3 is 0 Å². The van der Waals surface area contributed by atoms with E-state index in [2.05, 4.69) is 61.6 Å². The van der Waals surface area contributed by atoms with Gasteiger partial charge in [0.05, 0.1) is 18.1 Å². The Labute approximate surface area is 174 Å². The minimum absolute atomic E-state index is 0.0338. The number of rotatable bonds is 7. The molecule has 1 aliphatic heterocycles. The number of carbonyl (C=O) groups excluding carboxylic acids is 1. The van der Waals surface area contributed by atoms with Gasteiger partial charge in [-0.05, 0) is 61.8 Å². The zero-order valence-electron chi connectivity index (χ0n) is 17.8. The number of hydrogen-bond donors (Lipinski definition) is 2. The summed E-state index contributed by atoms with van der Waals surface area (Å²) in [5, 5.41) is 12.6. The molecule has 0 aliphatic carbocycles. The Bertz CT molecular complexity index is 836. The smallest absolute Gasteiger partial charge is 0.227 e. The van der Waals surface area contributed by atoms with Gasteiger partial charge in [0.2, 0.25) is 5.91 Å². The van der Waals surface area contributed by atoms with E-state index in [1.165, 1.54) is 27.8 Å². The molecule has 2 N–H and O–H groups in total. The standard InChI is InChI=1S/C25H33NO3/c1-4-21(17-27)26-24(28)25(11-13-29-14-12-25)16-20-7-5-6-8-23(20)22-10-9-18(2)15-19(22)3/h5-10,15,21,27H,4,11-14,16-17H2,1-3H3,(H,26,28)/t21-/m1/s1. The second-order valence-corrected chi connectivity index (χ2v) is 8.31. The van der Waals surface area contributed by atoms with Crippen LogP contribution >= 0.6 is 0 Å². The second-order valence-electron chi connectivity index (χ2n) is 8.31. The SMILES string of the molecule is CC[C@H](CO)NC(=O)C1(Cc2ccccc2-c2ccc(C)cc2C)CCOCC1. The molecule has 0 spiro atoms. The van der Waals surface area contributed by atoms with Crippen molar-refractivity contribution < 1.29 is 14.6 Å². The summed E-state index contributed by atoms with van der Waals surface area (Å²) in [4.78, 5) is 13.3. The Kier molecular flexibility index (Phi) is 7.09. The number of aliphatic hydroxyl groups is 1. The quantitative estimate of drug-likeness (QED) is 0.739. The van der Waals surface area contributed by atoms with Crippen molar-refractivity contribution in [2.75, 3.05) is 19.8 Å². The lowest BCUT2D eigenvalue weighted by molar-refractivity contribution is -0.137. The zero-order valence-corrected chi connectivity index (χ0v) is 17.8. The van der Waals surface area contributed by atoms with Crippen LogP contribution in [0.15, 0.2) is 42.5 Å². The van der Waals surface area contributed by atoms with Crippen LogP contribution in [-0.4, -0.2) is 36.9 Å². The predicted octanol–water partition coefficient (Wildman–Crippen LogP) is 4.20.